The maximum atomic E-state index is 12.1. The van der Waals surface area contributed by atoms with Crippen LogP contribution in [0.4, 0.5) is 0 Å². The van der Waals surface area contributed by atoms with Crippen LogP contribution >= 0.6 is 15.9 Å². The van der Waals surface area contributed by atoms with Gasteiger partial charge in [0.05, 0.1) is 0 Å². The van der Waals surface area contributed by atoms with Gasteiger partial charge >= 0.3 is 5.97 Å². The van der Waals surface area contributed by atoms with Gasteiger partial charge < -0.3 is 14.4 Å². The van der Waals surface area contributed by atoms with E-state index in [0.717, 1.165) is 0 Å². The van der Waals surface area contributed by atoms with Gasteiger partial charge in [-0.15, -0.1) is 0 Å². The Morgan fingerprint density at radius 2 is 2.11 bits per heavy atom. The minimum Gasteiger partial charge on any atom is -0.481 e. The maximum Gasteiger partial charge on any atom is 0.303 e. The van der Waals surface area contributed by atoms with Crippen LogP contribution in [0.2, 0.25) is 0 Å². The van der Waals surface area contributed by atoms with Crippen molar-refractivity contribution in [3.05, 3.63) is 22.6 Å². The Morgan fingerprint density at radius 1 is 1.44 bits per heavy atom. The number of hydrogen-bond donors (Lipinski definition) is 1. The Labute approximate surface area is 114 Å². The molecule has 1 N–H and O–H groups in total. The topological polar surface area (TPSA) is 70.8 Å². The van der Waals surface area contributed by atoms with Crippen molar-refractivity contribution in [1.82, 2.24) is 4.90 Å². The summed E-state index contributed by atoms with van der Waals surface area (Å²) in [5.74, 6) is -0.820. The highest BCUT2D eigenvalue weighted by Gasteiger charge is 2.21. The first kappa shape index (κ1) is 14.8. The van der Waals surface area contributed by atoms with Crippen molar-refractivity contribution in [3.8, 4) is 0 Å². The Kier molecular flexibility index (Phi) is 5.40. The van der Waals surface area contributed by atoms with E-state index in [2.05, 4.69) is 15.9 Å². The van der Waals surface area contributed by atoms with Crippen LogP contribution in [0.1, 0.15) is 37.2 Å². The molecule has 0 aliphatic carbocycles. The first-order valence-electron chi connectivity index (χ1n) is 5.70. The number of nitrogens with zero attached hydrogens (tertiary/aromatic N) is 1. The van der Waals surface area contributed by atoms with Crippen LogP contribution < -0.4 is 0 Å². The van der Waals surface area contributed by atoms with Crippen molar-refractivity contribution >= 4 is 27.8 Å². The third kappa shape index (κ3) is 4.18. The molecule has 1 aromatic heterocycles. The number of halogens is 1. The zero-order valence-electron chi connectivity index (χ0n) is 10.4. The van der Waals surface area contributed by atoms with E-state index in [4.69, 9.17) is 9.52 Å². The fraction of sp³-hybridized carbons (Fsp3) is 0.500. The van der Waals surface area contributed by atoms with E-state index in [-0.39, 0.29) is 24.1 Å². The second-order valence-corrected chi connectivity index (χ2v) is 4.97. The molecule has 0 aliphatic rings. The van der Waals surface area contributed by atoms with E-state index in [0.29, 0.717) is 17.6 Å². The third-order valence-corrected chi connectivity index (χ3v) is 2.88. The minimum absolute atomic E-state index is 0.00447. The molecule has 1 rings (SSSR count). The van der Waals surface area contributed by atoms with E-state index in [1.165, 1.54) is 0 Å². The maximum absolute atomic E-state index is 12.1. The molecule has 0 unspecified atom stereocenters. The van der Waals surface area contributed by atoms with Gasteiger partial charge in [-0.25, -0.2) is 0 Å². The number of aliphatic carboxylic acids is 1. The largest absolute Gasteiger partial charge is 0.481 e. The number of amides is 1. The summed E-state index contributed by atoms with van der Waals surface area (Å²) in [4.78, 5) is 24.2. The molecule has 100 valence electrons. The average molecular weight is 318 g/mol. The van der Waals surface area contributed by atoms with Crippen LogP contribution in [-0.4, -0.2) is 34.5 Å². The highest BCUT2D eigenvalue weighted by Crippen LogP contribution is 2.17. The summed E-state index contributed by atoms with van der Waals surface area (Å²) in [6, 6.07) is 3.25. The van der Waals surface area contributed by atoms with Crippen molar-refractivity contribution in [2.45, 2.75) is 32.7 Å². The summed E-state index contributed by atoms with van der Waals surface area (Å²) in [5, 5.41) is 8.60. The van der Waals surface area contributed by atoms with Crippen molar-refractivity contribution in [2.24, 2.45) is 0 Å². The SMILES string of the molecule is CC(C)N(CCCC(=O)O)C(=O)c1ccc(Br)o1. The summed E-state index contributed by atoms with van der Waals surface area (Å²) < 4.78 is 5.71. The first-order valence-corrected chi connectivity index (χ1v) is 6.49. The molecule has 0 fully saturated rings. The number of furan rings is 1. The van der Waals surface area contributed by atoms with Gasteiger partial charge in [0.2, 0.25) is 0 Å². The first-order chi connectivity index (χ1) is 8.41. The van der Waals surface area contributed by atoms with Gasteiger partial charge in [0.15, 0.2) is 10.4 Å². The summed E-state index contributed by atoms with van der Waals surface area (Å²) in [7, 11) is 0. The molecule has 0 bridgehead atoms. The van der Waals surface area contributed by atoms with E-state index in [1.54, 1.807) is 17.0 Å². The van der Waals surface area contributed by atoms with Gasteiger partial charge in [-0.05, 0) is 48.3 Å². The Bertz CT molecular complexity index is 427. The summed E-state index contributed by atoms with van der Waals surface area (Å²) >= 11 is 3.14. The molecule has 1 aromatic rings. The minimum atomic E-state index is -0.855. The Hall–Kier alpha value is -1.30. The molecule has 5 nitrogen and oxygen atoms in total. The van der Waals surface area contributed by atoms with Gasteiger partial charge in [0.1, 0.15) is 0 Å². The van der Waals surface area contributed by atoms with E-state index >= 15 is 0 Å². The predicted molar refractivity (Wildman–Crippen MR) is 69.5 cm³/mol. The molecule has 0 spiro atoms. The molecule has 1 amide bonds. The van der Waals surface area contributed by atoms with Crippen LogP contribution in [0.5, 0.6) is 0 Å². The summed E-state index contributed by atoms with van der Waals surface area (Å²) in [6.45, 7) is 4.18. The van der Waals surface area contributed by atoms with Crippen LogP contribution in [0.3, 0.4) is 0 Å². The molecule has 1 heterocycles. The smallest absolute Gasteiger partial charge is 0.303 e. The zero-order chi connectivity index (χ0) is 13.7. The molecule has 0 aromatic carbocycles. The lowest BCUT2D eigenvalue weighted by Gasteiger charge is -2.25. The molecular formula is C12H16BrNO4. The quantitative estimate of drug-likeness (QED) is 0.875. The number of hydrogen-bond acceptors (Lipinski definition) is 3. The second-order valence-electron chi connectivity index (χ2n) is 4.19. The molecule has 18 heavy (non-hydrogen) atoms. The standard InChI is InChI=1S/C12H16BrNO4/c1-8(2)14(7-3-4-11(15)16)12(17)9-5-6-10(13)18-9/h5-6,8H,3-4,7H2,1-2H3,(H,15,16). The zero-order valence-corrected chi connectivity index (χ0v) is 11.9. The predicted octanol–water partition coefficient (Wildman–Crippen LogP) is 2.76. The number of carbonyl (C=O) groups is 2. The molecule has 0 aliphatic heterocycles. The van der Waals surface area contributed by atoms with Gasteiger partial charge in [-0.3, -0.25) is 9.59 Å². The molecule has 0 radical (unpaired) electrons. The molecule has 6 heteroatoms. The molecular weight excluding hydrogens is 302 g/mol. The van der Waals surface area contributed by atoms with E-state index < -0.39 is 5.97 Å². The number of carboxylic acids is 1. The number of carbonyl (C=O) groups excluding carboxylic acids is 1. The Morgan fingerprint density at radius 3 is 2.56 bits per heavy atom. The van der Waals surface area contributed by atoms with Gasteiger partial charge in [-0.2, -0.15) is 0 Å². The van der Waals surface area contributed by atoms with Crippen molar-refractivity contribution in [2.75, 3.05) is 6.54 Å². The second kappa shape index (κ2) is 6.58. The van der Waals surface area contributed by atoms with Crippen LogP contribution in [-0.2, 0) is 4.79 Å². The molecule has 0 saturated carbocycles. The summed E-state index contributed by atoms with van der Waals surface area (Å²) in [6.07, 6.45) is 0.486. The lowest BCUT2D eigenvalue weighted by atomic mass is 10.2. The van der Waals surface area contributed by atoms with Gasteiger partial charge in [-0.1, -0.05) is 0 Å². The van der Waals surface area contributed by atoms with Crippen LogP contribution in [0.25, 0.3) is 0 Å². The third-order valence-electron chi connectivity index (χ3n) is 2.46. The van der Waals surface area contributed by atoms with E-state index in [1.807, 2.05) is 13.8 Å². The molecule has 0 atom stereocenters. The normalized spacial score (nSPS) is 10.7. The van der Waals surface area contributed by atoms with Crippen molar-refractivity contribution in [3.63, 3.8) is 0 Å². The summed E-state index contributed by atoms with van der Waals surface area (Å²) in [5.41, 5.74) is 0. The van der Waals surface area contributed by atoms with Gasteiger partial charge in [0.25, 0.3) is 5.91 Å². The number of carboxylic acid groups (broad SMARTS) is 1. The van der Waals surface area contributed by atoms with Crippen LogP contribution in [0.15, 0.2) is 21.2 Å². The lowest BCUT2D eigenvalue weighted by Crippen LogP contribution is -2.37. The van der Waals surface area contributed by atoms with Crippen molar-refractivity contribution in [1.29, 1.82) is 0 Å². The van der Waals surface area contributed by atoms with E-state index in [9.17, 15) is 9.59 Å². The monoisotopic (exact) mass is 317 g/mol. The molecule has 0 saturated heterocycles. The average Bonchev–Trinajstić information content (AvgIpc) is 2.69. The highest BCUT2D eigenvalue weighted by molar-refractivity contribution is 9.10. The fourth-order valence-electron chi connectivity index (χ4n) is 1.57. The van der Waals surface area contributed by atoms with Gasteiger partial charge in [0, 0.05) is 19.0 Å². The fourth-order valence-corrected chi connectivity index (χ4v) is 1.87. The Balaban J connectivity index is 2.67. The number of rotatable bonds is 6. The van der Waals surface area contributed by atoms with Crippen LogP contribution in [0, 0.1) is 0 Å². The lowest BCUT2D eigenvalue weighted by molar-refractivity contribution is -0.137. The highest BCUT2D eigenvalue weighted by atomic mass is 79.9. The van der Waals surface area contributed by atoms with Crippen molar-refractivity contribution < 1.29 is 19.1 Å².